The Kier molecular flexibility index (Phi) is 62.0. The number of carbonyl (C=O) groups is 4. The average molecular weight is 1350 g/mol. The highest BCUT2D eigenvalue weighted by Gasteiger charge is 2.30. The number of allylic oxidation sites excluding steroid dienone is 8. The number of phosphoric acid groups is 2. The average Bonchev–Trinajstić information content (AvgIpc) is 2.78. The van der Waals surface area contributed by atoms with E-state index in [1.807, 2.05) is 0 Å². The molecule has 0 fully saturated rings. The van der Waals surface area contributed by atoms with Crippen LogP contribution in [0.15, 0.2) is 48.6 Å². The van der Waals surface area contributed by atoms with Crippen molar-refractivity contribution in [2.75, 3.05) is 39.6 Å². The van der Waals surface area contributed by atoms with Crippen molar-refractivity contribution in [3.8, 4) is 0 Å². The van der Waals surface area contributed by atoms with Crippen LogP contribution in [0.25, 0.3) is 0 Å². The van der Waals surface area contributed by atoms with Crippen LogP contribution in [0.4, 0.5) is 0 Å². The zero-order valence-corrected chi connectivity index (χ0v) is 60.6. The van der Waals surface area contributed by atoms with Gasteiger partial charge in [0.1, 0.15) is 19.3 Å². The largest absolute Gasteiger partial charge is 0.472 e. The maximum atomic E-state index is 13.0. The molecule has 0 amide bonds. The Morgan fingerprint density at radius 1 is 0.359 bits per heavy atom. The number of ether oxygens (including phenoxy) is 4. The quantitative estimate of drug-likeness (QED) is 0.0169. The van der Waals surface area contributed by atoms with E-state index >= 15 is 0 Å². The van der Waals surface area contributed by atoms with Gasteiger partial charge in [0.15, 0.2) is 12.2 Å². The Hall–Kier alpha value is -2.98. The van der Waals surface area contributed by atoms with Crippen molar-refractivity contribution in [1.29, 1.82) is 0 Å². The van der Waals surface area contributed by atoms with Crippen molar-refractivity contribution in [3.05, 3.63) is 48.6 Å². The van der Waals surface area contributed by atoms with Crippen LogP contribution in [0.1, 0.15) is 324 Å². The molecule has 0 saturated heterocycles. The summed E-state index contributed by atoms with van der Waals surface area (Å²) in [7, 11) is -9.93. The van der Waals surface area contributed by atoms with E-state index in [0.29, 0.717) is 31.6 Å². The number of carbonyl (C=O) groups excluding carboxylic acids is 4. The molecular formula is C73H134O17P2. The molecule has 0 saturated carbocycles. The van der Waals surface area contributed by atoms with Crippen molar-refractivity contribution in [1.82, 2.24) is 0 Å². The van der Waals surface area contributed by atoms with Gasteiger partial charge in [-0.2, -0.15) is 0 Å². The third-order valence-electron chi connectivity index (χ3n) is 16.1. The first-order chi connectivity index (χ1) is 44.4. The number of esters is 4. The van der Waals surface area contributed by atoms with Crippen molar-refractivity contribution < 1.29 is 80.2 Å². The molecule has 0 aromatic carbocycles. The van der Waals surface area contributed by atoms with E-state index in [1.54, 1.807) is 0 Å². The highest BCUT2D eigenvalue weighted by molar-refractivity contribution is 7.47. The van der Waals surface area contributed by atoms with Gasteiger partial charge in [-0.15, -0.1) is 0 Å². The van der Waals surface area contributed by atoms with Crippen molar-refractivity contribution in [2.45, 2.75) is 342 Å². The first-order valence-corrected chi connectivity index (χ1v) is 39.7. The lowest BCUT2D eigenvalue weighted by Crippen LogP contribution is -2.30. The smallest absolute Gasteiger partial charge is 0.462 e. The van der Waals surface area contributed by atoms with Crippen LogP contribution < -0.4 is 0 Å². The van der Waals surface area contributed by atoms with Crippen molar-refractivity contribution in [3.63, 3.8) is 0 Å². The van der Waals surface area contributed by atoms with Crippen LogP contribution in [0.2, 0.25) is 0 Å². The number of aliphatic hydroxyl groups is 1. The summed E-state index contributed by atoms with van der Waals surface area (Å²) in [6, 6.07) is 0. The zero-order valence-electron chi connectivity index (χ0n) is 58.8. The van der Waals surface area contributed by atoms with Crippen molar-refractivity contribution in [2.24, 2.45) is 11.8 Å². The van der Waals surface area contributed by atoms with Gasteiger partial charge >= 0.3 is 39.5 Å². The molecule has 0 bridgehead atoms. The fourth-order valence-electron chi connectivity index (χ4n) is 10.0. The number of hydrogen-bond donors (Lipinski definition) is 3. The van der Waals surface area contributed by atoms with Gasteiger partial charge in [0.2, 0.25) is 0 Å². The van der Waals surface area contributed by atoms with E-state index in [4.69, 9.17) is 37.0 Å². The van der Waals surface area contributed by atoms with Gasteiger partial charge in [0, 0.05) is 25.7 Å². The molecule has 0 aliphatic rings. The summed E-state index contributed by atoms with van der Waals surface area (Å²) in [5.41, 5.74) is 0. The second kappa shape index (κ2) is 64.0. The first-order valence-electron chi connectivity index (χ1n) is 36.7. The number of hydrogen-bond acceptors (Lipinski definition) is 15. The molecule has 4 unspecified atom stereocenters. The molecule has 3 N–H and O–H groups in total. The van der Waals surface area contributed by atoms with Crippen molar-refractivity contribution >= 4 is 39.5 Å². The minimum Gasteiger partial charge on any atom is -0.462 e. The third-order valence-corrected chi connectivity index (χ3v) is 18.0. The standard InChI is InChI=1S/C73H134O17P2/c1-7-10-12-14-16-18-20-22-24-26-28-30-37-43-49-55-70(75)83-61-68(89-72(77)57-51-45-38-31-29-27-25-23-21-19-17-15-13-11-8-2)63-87-91(79,80)85-59-67(74)60-86-92(81,82)88-64-69(62-84-71(76)56-50-44-40-34-35-41-47-53-65(4)5)90-73(78)58-52-46-39-33-32-36-42-48-54-66(6)9-3/h18-25,65-69,74H,7-17,26-64H2,1-6H3,(H,79,80)(H,81,82)/b20-18-,21-19-,24-22-,25-23-/t66?,67?,68-,69-/m1/s1. The predicted octanol–water partition coefficient (Wildman–Crippen LogP) is 20.3. The zero-order chi connectivity index (χ0) is 67.9. The molecule has 0 rings (SSSR count). The van der Waals surface area contributed by atoms with Crippen LogP contribution in [0.5, 0.6) is 0 Å². The Bertz CT molecular complexity index is 1980. The normalized spacial score (nSPS) is 14.7. The lowest BCUT2D eigenvalue weighted by Gasteiger charge is -2.21. The van der Waals surface area contributed by atoms with Crippen LogP contribution in [0, 0.1) is 11.8 Å². The molecule has 0 aromatic heterocycles. The number of phosphoric ester groups is 2. The van der Waals surface area contributed by atoms with Crippen LogP contribution in [-0.2, 0) is 65.4 Å². The molecule has 0 spiro atoms. The summed E-state index contributed by atoms with van der Waals surface area (Å²) in [6.07, 6.45) is 55.8. The topological polar surface area (TPSA) is 237 Å². The predicted molar refractivity (Wildman–Crippen MR) is 372 cm³/mol. The highest BCUT2D eigenvalue weighted by atomic mass is 31.2. The summed E-state index contributed by atoms with van der Waals surface area (Å²) >= 11 is 0. The minimum atomic E-state index is -4.97. The summed E-state index contributed by atoms with van der Waals surface area (Å²) < 4.78 is 68.3. The lowest BCUT2D eigenvalue weighted by molar-refractivity contribution is -0.161. The maximum absolute atomic E-state index is 13.0. The molecule has 0 aromatic rings. The van der Waals surface area contributed by atoms with Gasteiger partial charge in [-0.05, 0) is 88.9 Å². The lowest BCUT2D eigenvalue weighted by atomic mass is 9.99. The van der Waals surface area contributed by atoms with Gasteiger partial charge in [-0.1, -0.05) is 270 Å². The summed E-state index contributed by atoms with van der Waals surface area (Å²) in [5.74, 6) is -0.716. The monoisotopic (exact) mass is 1340 g/mol. The van der Waals surface area contributed by atoms with E-state index < -0.39 is 97.5 Å². The van der Waals surface area contributed by atoms with Gasteiger partial charge < -0.3 is 33.8 Å². The number of rotatable bonds is 68. The highest BCUT2D eigenvalue weighted by Crippen LogP contribution is 2.45. The molecule has 0 aliphatic carbocycles. The molecule has 6 atom stereocenters. The fraction of sp³-hybridized carbons (Fsp3) is 0.836. The second-order valence-corrected chi connectivity index (χ2v) is 28.6. The molecule has 0 heterocycles. The Labute approximate surface area is 559 Å². The third kappa shape index (κ3) is 64.4. The van der Waals surface area contributed by atoms with E-state index in [-0.39, 0.29) is 25.7 Å². The van der Waals surface area contributed by atoms with Gasteiger partial charge in [-0.25, -0.2) is 9.13 Å². The van der Waals surface area contributed by atoms with Gasteiger partial charge in [0.25, 0.3) is 0 Å². The number of unbranched alkanes of at least 4 members (excludes halogenated alkanes) is 31. The van der Waals surface area contributed by atoms with Gasteiger partial charge in [0.05, 0.1) is 26.4 Å². The SMILES string of the molecule is CCCCCC/C=C\C=C/CCCCCCCC(=O)OC[C@H](COP(=O)(O)OCC(O)COP(=O)(O)OC[C@@H](COC(=O)CCCCCCCCCC(C)C)OC(=O)CCCCCCCCCCC(C)CC)OC(=O)CCCCCCC/C=C\C=C/CCCCCC. The Morgan fingerprint density at radius 3 is 0.967 bits per heavy atom. The molecule has 538 valence electrons. The molecule has 92 heavy (non-hydrogen) atoms. The number of aliphatic hydroxyl groups excluding tert-OH is 1. The molecular weight excluding hydrogens is 1210 g/mol. The van der Waals surface area contributed by atoms with E-state index in [1.165, 1.54) is 103 Å². The maximum Gasteiger partial charge on any atom is 0.472 e. The Morgan fingerprint density at radius 2 is 0.641 bits per heavy atom. The summed E-state index contributed by atoms with van der Waals surface area (Å²) in [4.78, 5) is 72.6. The molecule has 0 aliphatic heterocycles. The van der Waals surface area contributed by atoms with Crippen LogP contribution in [0.3, 0.4) is 0 Å². The van der Waals surface area contributed by atoms with E-state index in [9.17, 15) is 43.2 Å². The minimum absolute atomic E-state index is 0.0778. The summed E-state index contributed by atoms with van der Waals surface area (Å²) in [6.45, 7) is 9.37. The van der Waals surface area contributed by atoms with E-state index in [0.717, 1.165) is 134 Å². The van der Waals surface area contributed by atoms with E-state index in [2.05, 4.69) is 90.2 Å². The second-order valence-electron chi connectivity index (χ2n) is 25.7. The molecule has 0 radical (unpaired) electrons. The van der Waals surface area contributed by atoms with Gasteiger partial charge in [-0.3, -0.25) is 37.3 Å². The molecule has 17 nitrogen and oxygen atoms in total. The van der Waals surface area contributed by atoms with Crippen LogP contribution in [-0.4, -0.2) is 96.7 Å². The fourth-order valence-corrected chi connectivity index (χ4v) is 11.6. The van der Waals surface area contributed by atoms with Crippen LogP contribution >= 0.6 is 15.6 Å². The first kappa shape index (κ1) is 89.0. The molecule has 19 heteroatoms. The Balaban J connectivity index is 5.33. The summed E-state index contributed by atoms with van der Waals surface area (Å²) in [5, 5.41) is 10.6.